The van der Waals surface area contributed by atoms with Crippen molar-refractivity contribution in [2.75, 3.05) is 0 Å². The van der Waals surface area contributed by atoms with Gasteiger partial charge >= 0.3 is 0 Å². The second-order valence-corrected chi connectivity index (χ2v) is 17.8. The highest BCUT2D eigenvalue weighted by Gasteiger charge is 2.41. The van der Waals surface area contributed by atoms with E-state index in [0.29, 0.717) is 34.1 Å². The van der Waals surface area contributed by atoms with Crippen molar-refractivity contribution < 1.29 is 18.2 Å². The van der Waals surface area contributed by atoms with Gasteiger partial charge in [0.1, 0.15) is 0 Å². The van der Waals surface area contributed by atoms with Gasteiger partial charge in [-0.2, -0.15) is 0 Å². The lowest BCUT2D eigenvalue weighted by molar-refractivity contribution is 0.0314. The first-order valence-electron chi connectivity index (χ1n) is 15.7. The molecule has 4 aromatic rings. The summed E-state index contributed by atoms with van der Waals surface area (Å²) in [5.74, 6) is 0. The van der Waals surface area contributed by atoms with Crippen molar-refractivity contribution >= 4 is 36.0 Å². The molecule has 2 atom stereocenters. The van der Waals surface area contributed by atoms with E-state index in [1.807, 2.05) is 104 Å². The van der Waals surface area contributed by atoms with Gasteiger partial charge in [0, 0.05) is 21.2 Å². The molecule has 0 saturated heterocycles. The van der Waals surface area contributed by atoms with Gasteiger partial charge in [-0.25, -0.2) is 0 Å². The van der Waals surface area contributed by atoms with E-state index in [1.54, 1.807) is 0 Å². The van der Waals surface area contributed by atoms with Crippen molar-refractivity contribution in [1.82, 2.24) is 0 Å². The molecule has 0 bridgehead atoms. The Bertz CT molecular complexity index is 1470. The fraction of sp³-hybridized carbons (Fsp3) is 0.368. The lowest BCUT2D eigenvalue weighted by atomic mass is 9.95. The Morgan fingerprint density at radius 3 is 0.818 bits per heavy atom. The Morgan fingerprint density at radius 2 is 0.614 bits per heavy atom. The Hall–Kier alpha value is -2.74. The molecule has 0 unspecified atom stereocenters. The van der Waals surface area contributed by atoms with Crippen LogP contribution in [0, 0.1) is 55.4 Å². The normalized spacial score (nSPS) is 17.5. The van der Waals surface area contributed by atoms with Gasteiger partial charge in [0.2, 0.25) is 0 Å². The molecule has 0 aromatic heterocycles. The van der Waals surface area contributed by atoms with Gasteiger partial charge in [0.25, 0.3) is 14.7 Å². The molecular formula is C38H46O4P2. The zero-order valence-electron chi connectivity index (χ0n) is 27.4. The topological polar surface area (TPSA) is 52.6 Å². The Labute approximate surface area is 264 Å². The van der Waals surface area contributed by atoms with Crippen LogP contribution in [0.15, 0.2) is 72.8 Å². The summed E-state index contributed by atoms with van der Waals surface area (Å²) in [7, 11) is -7.10. The molecule has 1 saturated carbocycles. The molecule has 1 aliphatic rings. The fourth-order valence-electron chi connectivity index (χ4n) is 6.71. The number of hydrogen-bond donors (Lipinski definition) is 0. The number of benzene rings is 4. The molecule has 0 amide bonds. The number of aryl methyl sites for hydroxylation is 8. The van der Waals surface area contributed by atoms with Crippen LogP contribution in [-0.2, 0) is 18.2 Å². The number of rotatable bonds is 8. The second-order valence-electron chi connectivity index (χ2n) is 13.1. The molecule has 44 heavy (non-hydrogen) atoms. The monoisotopic (exact) mass is 628 g/mol. The highest BCUT2D eigenvalue weighted by Crippen LogP contribution is 2.53. The maximum absolute atomic E-state index is 15.4. The maximum atomic E-state index is 15.4. The van der Waals surface area contributed by atoms with Crippen molar-refractivity contribution in [2.24, 2.45) is 0 Å². The van der Waals surface area contributed by atoms with E-state index in [2.05, 4.69) is 24.3 Å². The molecule has 0 spiro atoms. The predicted molar refractivity (Wildman–Crippen MR) is 186 cm³/mol. The van der Waals surface area contributed by atoms with E-state index >= 15 is 9.13 Å². The van der Waals surface area contributed by atoms with Gasteiger partial charge in [-0.15, -0.1) is 0 Å². The lowest BCUT2D eigenvalue weighted by Gasteiger charge is -2.36. The average Bonchev–Trinajstić information content (AvgIpc) is 2.92. The second kappa shape index (κ2) is 12.9. The van der Waals surface area contributed by atoms with Crippen molar-refractivity contribution in [3.8, 4) is 0 Å². The summed E-state index contributed by atoms with van der Waals surface area (Å²) in [6.45, 7) is 16.2. The summed E-state index contributed by atoms with van der Waals surface area (Å²) in [5.41, 5.74) is 8.32. The van der Waals surface area contributed by atoms with Crippen molar-refractivity contribution in [3.05, 3.63) is 117 Å². The minimum absolute atomic E-state index is 0.485. The molecule has 0 radical (unpaired) electrons. The summed E-state index contributed by atoms with van der Waals surface area (Å²) in [5, 5.41) is 2.76. The van der Waals surface area contributed by atoms with Gasteiger partial charge in [0.05, 0.1) is 12.2 Å². The van der Waals surface area contributed by atoms with E-state index in [-0.39, 0.29) is 0 Å². The summed E-state index contributed by atoms with van der Waals surface area (Å²) in [6, 6.07) is 24.2. The number of hydrogen-bond acceptors (Lipinski definition) is 4. The van der Waals surface area contributed by atoms with Gasteiger partial charge in [-0.3, -0.25) is 9.13 Å². The SMILES string of the molecule is Cc1cc(C)cc(P(=O)(O[C@H]2CCCC[C@@H]2OP(=O)(c2cc(C)cc(C)c2)c2cc(C)cc(C)c2)c2cc(C)cc(C)c2)c1. The first kappa shape index (κ1) is 32.6. The summed E-state index contributed by atoms with van der Waals surface area (Å²) in [6.07, 6.45) is 2.26. The zero-order valence-corrected chi connectivity index (χ0v) is 29.2. The zero-order chi connectivity index (χ0) is 31.8. The standard InChI is InChI=1S/C38H46O4P2/c1-25-13-26(2)18-33(17-25)43(39,34-19-27(3)14-28(4)20-34)41-37-11-9-10-12-38(37)42-44(40,35-21-29(5)15-30(6)22-35)36-23-31(7)16-32(8)24-36/h13-24,37-38H,9-12H2,1-8H3/t37-,38-/m0/s1. The Morgan fingerprint density at radius 1 is 0.409 bits per heavy atom. The van der Waals surface area contributed by atoms with Gasteiger partial charge < -0.3 is 9.05 Å². The van der Waals surface area contributed by atoms with E-state index in [1.165, 1.54) is 0 Å². The Kier molecular flexibility index (Phi) is 9.60. The lowest BCUT2D eigenvalue weighted by Crippen LogP contribution is -2.38. The molecule has 0 N–H and O–H groups in total. The minimum Gasteiger partial charge on any atom is -0.316 e. The van der Waals surface area contributed by atoms with Gasteiger partial charge in [-0.05, 0) is 117 Å². The molecule has 232 valence electrons. The third kappa shape index (κ3) is 7.05. The largest absolute Gasteiger partial charge is 0.316 e. The first-order valence-corrected chi connectivity index (χ1v) is 18.9. The van der Waals surface area contributed by atoms with Crippen LogP contribution in [0.1, 0.15) is 70.2 Å². The minimum atomic E-state index is -3.55. The molecule has 5 rings (SSSR count). The van der Waals surface area contributed by atoms with Crippen LogP contribution in [-0.4, -0.2) is 12.2 Å². The first-order chi connectivity index (χ1) is 20.7. The van der Waals surface area contributed by atoms with Crippen molar-refractivity contribution in [1.29, 1.82) is 0 Å². The molecule has 4 aromatic carbocycles. The highest BCUT2D eigenvalue weighted by molar-refractivity contribution is 7.74. The van der Waals surface area contributed by atoms with Crippen LogP contribution in [0.25, 0.3) is 0 Å². The van der Waals surface area contributed by atoms with Gasteiger partial charge in [-0.1, -0.05) is 81.6 Å². The quantitative estimate of drug-likeness (QED) is 0.183. The molecule has 6 heteroatoms. The van der Waals surface area contributed by atoms with E-state index in [0.717, 1.165) is 57.3 Å². The molecule has 1 fully saturated rings. The summed E-state index contributed by atoms with van der Waals surface area (Å²) >= 11 is 0. The van der Waals surface area contributed by atoms with E-state index in [4.69, 9.17) is 9.05 Å². The van der Waals surface area contributed by atoms with Gasteiger partial charge in [0.15, 0.2) is 0 Å². The third-order valence-electron chi connectivity index (χ3n) is 8.40. The predicted octanol–water partition coefficient (Wildman–Crippen LogP) is 8.66. The van der Waals surface area contributed by atoms with Crippen LogP contribution in [0.2, 0.25) is 0 Å². The van der Waals surface area contributed by atoms with Crippen LogP contribution in [0.4, 0.5) is 0 Å². The van der Waals surface area contributed by atoms with Crippen LogP contribution < -0.4 is 21.2 Å². The molecule has 0 heterocycles. The van der Waals surface area contributed by atoms with Crippen LogP contribution in [0.3, 0.4) is 0 Å². The molecule has 4 nitrogen and oxygen atoms in total. The molecule has 0 aliphatic heterocycles. The van der Waals surface area contributed by atoms with Crippen molar-refractivity contribution in [3.63, 3.8) is 0 Å². The Balaban J connectivity index is 1.62. The fourth-order valence-corrected chi connectivity index (χ4v) is 12.0. The van der Waals surface area contributed by atoms with Crippen LogP contribution in [0.5, 0.6) is 0 Å². The van der Waals surface area contributed by atoms with Crippen LogP contribution >= 0.6 is 14.7 Å². The highest BCUT2D eigenvalue weighted by atomic mass is 31.2. The average molecular weight is 629 g/mol. The van der Waals surface area contributed by atoms with E-state index in [9.17, 15) is 0 Å². The maximum Gasteiger partial charge on any atom is 0.261 e. The molecular weight excluding hydrogens is 582 g/mol. The molecule has 1 aliphatic carbocycles. The van der Waals surface area contributed by atoms with E-state index < -0.39 is 26.9 Å². The smallest absolute Gasteiger partial charge is 0.261 e. The summed E-state index contributed by atoms with van der Waals surface area (Å²) in [4.78, 5) is 0. The summed E-state index contributed by atoms with van der Waals surface area (Å²) < 4.78 is 44.6. The van der Waals surface area contributed by atoms with Crippen molar-refractivity contribution in [2.45, 2.75) is 93.3 Å². The third-order valence-corrected chi connectivity index (χ3v) is 13.3.